The highest BCUT2D eigenvalue weighted by atomic mass is 16.3. The summed E-state index contributed by atoms with van der Waals surface area (Å²) in [5.74, 6) is 2.04. The first-order valence-electron chi connectivity index (χ1n) is 7.54. The molecule has 1 N–H and O–H groups in total. The molecule has 0 aromatic rings. The molecule has 18 heavy (non-hydrogen) atoms. The van der Waals surface area contributed by atoms with E-state index in [1.807, 2.05) is 0 Å². The highest BCUT2D eigenvalue weighted by Crippen LogP contribution is 2.31. The van der Waals surface area contributed by atoms with Crippen LogP contribution in [0.2, 0.25) is 0 Å². The fourth-order valence-electron chi connectivity index (χ4n) is 3.88. The van der Waals surface area contributed by atoms with Crippen molar-refractivity contribution in [3.05, 3.63) is 0 Å². The Labute approximate surface area is 112 Å². The predicted octanol–water partition coefficient (Wildman–Crippen LogP) is 1.67. The molecular weight excluding hydrogens is 224 g/mol. The van der Waals surface area contributed by atoms with Crippen LogP contribution in [0.5, 0.6) is 0 Å². The van der Waals surface area contributed by atoms with Crippen molar-refractivity contribution in [3.63, 3.8) is 0 Å². The third-order valence-electron chi connectivity index (χ3n) is 5.01. The first-order valence-corrected chi connectivity index (χ1v) is 7.54. The van der Waals surface area contributed by atoms with Crippen molar-refractivity contribution in [2.45, 2.75) is 45.3 Å². The molecular formula is C15H30N2O. The zero-order chi connectivity index (χ0) is 13.3. The van der Waals surface area contributed by atoms with E-state index in [9.17, 15) is 5.11 Å². The molecule has 0 radical (unpaired) electrons. The Balaban J connectivity index is 1.86. The van der Waals surface area contributed by atoms with E-state index in [4.69, 9.17) is 0 Å². The van der Waals surface area contributed by atoms with Crippen LogP contribution in [0.1, 0.15) is 33.1 Å². The largest absolute Gasteiger partial charge is 0.393 e. The molecule has 0 spiro atoms. The Morgan fingerprint density at radius 3 is 2.50 bits per heavy atom. The highest BCUT2D eigenvalue weighted by molar-refractivity contribution is 4.89. The van der Waals surface area contributed by atoms with E-state index in [0.29, 0.717) is 12.0 Å². The molecule has 5 atom stereocenters. The lowest BCUT2D eigenvalue weighted by molar-refractivity contribution is 0.0334. The summed E-state index contributed by atoms with van der Waals surface area (Å²) in [5.41, 5.74) is 0. The predicted molar refractivity (Wildman–Crippen MR) is 75.6 cm³/mol. The second-order valence-electron chi connectivity index (χ2n) is 6.97. The fourth-order valence-corrected chi connectivity index (χ4v) is 3.88. The molecule has 2 aliphatic rings. The summed E-state index contributed by atoms with van der Waals surface area (Å²) in [6, 6.07) is 0.683. The summed E-state index contributed by atoms with van der Waals surface area (Å²) in [6.45, 7) is 8.14. The van der Waals surface area contributed by atoms with Gasteiger partial charge in [-0.05, 0) is 51.1 Å². The summed E-state index contributed by atoms with van der Waals surface area (Å²) < 4.78 is 0. The van der Waals surface area contributed by atoms with E-state index in [2.05, 4.69) is 37.7 Å². The smallest absolute Gasteiger partial charge is 0.0580 e. The monoisotopic (exact) mass is 254 g/mol. The number of likely N-dealkylation sites (tertiary alicyclic amines) is 1. The van der Waals surface area contributed by atoms with Crippen LogP contribution in [0.25, 0.3) is 0 Å². The van der Waals surface area contributed by atoms with Crippen LogP contribution >= 0.6 is 0 Å². The number of nitrogens with zero attached hydrogens (tertiary/aromatic N) is 2. The van der Waals surface area contributed by atoms with Gasteiger partial charge in [-0.3, -0.25) is 0 Å². The molecule has 0 amide bonds. The van der Waals surface area contributed by atoms with Gasteiger partial charge in [0, 0.05) is 25.7 Å². The second-order valence-corrected chi connectivity index (χ2v) is 6.97. The molecule has 5 unspecified atom stereocenters. The minimum atomic E-state index is -0.0603. The van der Waals surface area contributed by atoms with Crippen LogP contribution < -0.4 is 0 Å². The van der Waals surface area contributed by atoms with Gasteiger partial charge >= 0.3 is 0 Å². The van der Waals surface area contributed by atoms with Crippen LogP contribution in [0.3, 0.4) is 0 Å². The molecule has 2 fully saturated rings. The Morgan fingerprint density at radius 1 is 1.17 bits per heavy atom. The minimum absolute atomic E-state index is 0.0603. The van der Waals surface area contributed by atoms with Gasteiger partial charge in [-0.2, -0.15) is 0 Å². The van der Waals surface area contributed by atoms with Crippen molar-refractivity contribution in [1.82, 2.24) is 9.80 Å². The van der Waals surface area contributed by atoms with Crippen molar-refractivity contribution in [3.8, 4) is 0 Å². The molecule has 3 heteroatoms. The van der Waals surface area contributed by atoms with Crippen molar-refractivity contribution < 1.29 is 5.11 Å². The number of hydrogen-bond acceptors (Lipinski definition) is 3. The normalized spacial score (nSPS) is 42.7. The molecule has 1 saturated carbocycles. The number of rotatable bonds is 3. The number of aliphatic hydroxyl groups excluding tert-OH is 1. The van der Waals surface area contributed by atoms with Gasteiger partial charge in [0.05, 0.1) is 6.10 Å². The quantitative estimate of drug-likeness (QED) is 0.830. The van der Waals surface area contributed by atoms with Crippen LogP contribution in [0.15, 0.2) is 0 Å². The maximum absolute atomic E-state index is 10.2. The first kappa shape index (κ1) is 14.3. The zero-order valence-electron chi connectivity index (χ0n) is 12.5. The van der Waals surface area contributed by atoms with Gasteiger partial charge in [0.25, 0.3) is 0 Å². The molecule has 1 saturated heterocycles. The van der Waals surface area contributed by atoms with Gasteiger partial charge < -0.3 is 14.9 Å². The van der Waals surface area contributed by atoms with Crippen LogP contribution in [0, 0.1) is 17.8 Å². The number of aliphatic hydroxyl groups is 1. The van der Waals surface area contributed by atoms with E-state index in [-0.39, 0.29) is 6.10 Å². The van der Waals surface area contributed by atoms with Gasteiger partial charge in [-0.1, -0.05) is 13.8 Å². The maximum Gasteiger partial charge on any atom is 0.0580 e. The van der Waals surface area contributed by atoms with E-state index in [1.165, 1.54) is 25.9 Å². The Kier molecular flexibility index (Phi) is 4.68. The maximum atomic E-state index is 10.2. The molecule has 0 aromatic carbocycles. The molecule has 0 aromatic heterocycles. The average Bonchev–Trinajstić information content (AvgIpc) is 2.65. The molecule has 3 nitrogen and oxygen atoms in total. The summed E-state index contributed by atoms with van der Waals surface area (Å²) in [5, 5.41) is 10.2. The average molecular weight is 254 g/mol. The third-order valence-corrected chi connectivity index (χ3v) is 5.01. The van der Waals surface area contributed by atoms with Gasteiger partial charge in [0.15, 0.2) is 0 Å². The summed E-state index contributed by atoms with van der Waals surface area (Å²) in [6.07, 6.45) is 3.36. The standard InChI is InChI=1S/C15H30N2O/c1-11-5-6-15(18)13(7-11)9-17-8-12(2)14(10-17)16(3)4/h11-15,18H,5-10H2,1-4H3. The van der Waals surface area contributed by atoms with E-state index in [1.54, 1.807) is 0 Å². The molecule has 1 aliphatic carbocycles. The number of likely N-dealkylation sites (N-methyl/N-ethyl adjacent to an activating group) is 1. The van der Waals surface area contributed by atoms with Gasteiger partial charge in [0.1, 0.15) is 0 Å². The summed E-state index contributed by atoms with van der Waals surface area (Å²) in [7, 11) is 4.37. The Bertz CT molecular complexity index is 269. The molecule has 1 aliphatic heterocycles. The van der Waals surface area contributed by atoms with Crippen LogP contribution in [-0.2, 0) is 0 Å². The molecule has 2 rings (SSSR count). The highest BCUT2D eigenvalue weighted by Gasteiger charge is 2.34. The van der Waals surface area contributed by atoms with E-state index >= 15 is 0 Å². The van der Waals surface area contributed by atoms with Gasteiger partial charge in [-0.15, -0.1) is 0 Å². The van der Waals surface area contributed by atoms with Crippen molar-refractivity contribution in [1.29, 1.82) is 0 Å². The molecule has 0 bridgehead atoms. The first-order chi connectivity index (χ1) is 8.47. The van der Waals surface area contributed by atoms with Crippen molar-refractivity contribution in [2.75, 3.05) is 33.7 Å². The van der Waals surface area contributed by atoms with E-state index < -0.39 is 0 Å². The summed E-state index contributed by atoms with van der Waals surface area (Å²) in [4.78, 5) is 4.92. The Hall–Kier alpha value is -0.120. The fraction of sp³-hybridized carbons (Fsp3) is 1.00. The van der Waals surface area contributed by atoms with E-state index in [0.717, 1.165) is 24.8 Å². The minimum Gasteiger partial charge on any atom is -0.393 e. The second kappa shape index (κ2) is 5.89. The topological polar surface area (TPSA) is 26.7 Å². The molecule has 106 valence electrons. The number of hydrogen-bond donors (Lipinski definition) is 1. The van der Waals surface area contributed by atoms with Gasteiger partial charge in [-0.25, -0.2) is 0 Å². The molecule has 1 heterocycles. The van der Waals surface area contributed by atoms with Crippen LogP contribution in [-0.4, -0.2) is 60.8 Å². The zero-order valence-corrected chi connectivity index (χ0v) is 12.5. The lowest BCUT2D eigenvalue weighted by atomic mass is 9.80. The van der Waals surface area contributed by atoms with Gasteiger partial charge in [0.2, 0.25) is 0 Å². The van der Waals surface area contributed by atoms with Crippen molar-refractivity contribution in [2.24, 2.45) is 17.8 Å². The lowest BCUT2D eigenvalue weighted by Gasteiger charge is -2.34. The van der Waals surface area contributed by atoms with Crippen molar-refractivity contribution >= 4 is 0 Å². The lowest BCUT2D eigenvalue weighted by Crippen LogP contribution is -2.39. The third kappa shape index (κ3) is 3.25. The van der Waals surface area contributed by atoms with Crippen LogP contribution in [0.4, 0.5) is 0 Å². The SMILES string of the molecule is CC1CCC(O)C(CN2CC(C)C(N(C)C)C2)C1. The summed E-state index contributed by atoms with van der Waals surface area (Å²) >= 11 is 0. The Morgan fingerprint density at radius 2 is 1.89 bits per heavy atom.